The van der Waals surface area contributed by atoms with E-state index in [1.165, 1.54) is 32.4 Å². The van der Waals surface area contributed by atoms with Gasteiger partial charge in [-0.2, -0.15) is 0 Å². The molecular formula is C14H31N3. The average Bonchev–Trinajstić information content (AvgIpc) is 2.87. The van der Waals surface area contributed by atoms with Gasteiger partial charge < -0.3 is 9.47 Å². The van der Waals surface area contributed by atoms with Crippen LogP contribution in [0, 0.1) is 0 Å². The zero-order chi connectivity index (χ0) is 13.5. The van der Waals surface area contributed by atoms with Gasteiger partial charge in [-0.15, -0.1) is 0 Å². The summed E-state index contributed by atoms with van der Waals surface area (Å²) < 4.78 is 1.89. The Morgan fingerprint density at radius 1 is 0.882 bits per heavy atom. The Bertz CT molecular complexity index is 201. The van der Waals surface area contributed by atoms with Gasteiger partial charge in [-0.25, -0.2) is 4.98 Å². The maximum absolute atomic E-state index is 3.78. The summed E-state index contributed by atoms with van der Waals surface area (Å²) in [5.74, 6) is 0. The van der Waals surface area contributed by atoms with Crippen LogP contribution in [0.4, 0.5) is 0 Å². The molecule has 0 radical (unpaired) electrons. The van der Waals surface area contributed by atoms with E-state index >= 15 is 0 Å². The van der Waals surface area contributed by atoms with Gasteiger partial charge in [0.05, 0.1) is 6.33 Å². The first kappa shape index (κ1) is 18.5. The maximum atomic E-state index is 3.78. The summed E-state index contributed by atoms with van der Waals surface area (Å²) in [5.41, 5.74) is 0. The van der Waals surface area contributed by atoms with Gasteiger partial charge in [-0.1, -0.05) is 34.1 Å². The van der Waals surface area contributed by atoms with Crippen molar-refractivity contribution in [2.24, 2.45) is 7.05 Å². The van der Waals surface area contributed by atoms with E-state index in [2.05, 4.69) is 16.9 Å². The molecule has 1 aromatic heterocycles. The molecule has 0 saturated carbocycles. The second-order valence-electron chi connectivity index (χ2n) is 3.59. The molecule has 0 bridgehead atoms. The van der Waals surface area contributed by atoms with E-state index in [1.807, 2.05) is 45.5 Å². The van der Waals surface area contributed by atoms with Crippen molar-refractivity contribution in [3.63, 3.8) is 0 Å². The number of nitrogens with zero attached hydrogens (tertiary/aromatic N) is 3. The lowest BCUT2D eigenvalue weighted by atomic mass is 10.1. The maximum Gasteiger partial charge on any atom is 0.0943 e. The number of piperidine rings is 1. The SMILES string of the molecule is CC.CC.CN1CCCCC1.Cn1ccnc1. The number of hydrogen-bond acceptors (Lipinski definition) is 2. The van der Waals surface area contributed by atoms with Crippen molar-refractivity contribution in [1.29, 1.82) is 0 Å². The molecule has 0 N–H and O–H groups in total. The van der Waals surface area contributed by atoms with Gasteiger partial charge in [-0.3, -0.25) is 0 Å². The highest BCUT2D eigenvalue weighted by molar-refractivity contribution is 4.70. The highest BCUT2D eigenvalue weighted by Crippen LogP contribution is 2.04. The van der Waals surface area contributed by atoms with Crippen LogP contribution in [0.5, 0.6) is 0 Å². The smallest absolute Gasteiger partial charge is 0.0943 e. The molecule has 0 unspecified atom stereocenters. The Morgan fingerprint density at radius 3 is 1.59 bits per heavy atom. The number of aromatic nitrogens is 2. The van der Waals surface area contributed by atoms with Crippen LogP contribution >= 0.6 is 0 Å². The molecule has 2 heterocycles. The predicted octanol–water partition coefficient (Wildman–Crippen LogP) is 3.57. The molecule has 102 valence electrons. The number of likely N-dealkylation sites (tertiary alicyclic amines) is 1. The summed E-state index contributed by atoms with van der Waals surface area (Å²) in [6.07, 6.45) is 9.66. The van der Waals surface area contributed by atoms with E-state index < -0.39 is 0 Å². The van der Waals surface area contributed by atoms with Gasteiger partial charge >= 0.3 is 0 Å². The summed E-state index contributed by atoms with van der Waals surface area (Å²) >= 11 is 0. The van der Waals surface area contributed by atoms with E-state index in [9.17, 15) is 0 Å². The molecule has 1 aliphatic rings. The fourth-order valence-corrected chi connectivity index (χ4v) is 1.38. The van der Waals surface area contributed by atoms with Crippen LogP contribution in [0.15, 0.2) is 18.7 Å². The first-order valence-corrected chi connectivity index (χ1v) is 6.89. The van der Waals surface area contributed by atoms with Gasteiger partial charge in [-0.05, 0) is 33.0 Å². The first-order valence-electron chi connectivity index (χ1n) is 6.89. The lowest BCUT2D eigenvalue weighted by Crippen LogP contribution is -2.24. The summed E-state index contributed by atoms with van der Waals surface area (Å²) in [4.78, 5) is 6.18. The molecule has 0 aliphatic carbocycles. The number of aryl methyl sites for hydroxylation is 1. The van der Waals surface area contributed by atoms with Crippen molar-refractivity contribution in [3.8, 4) is 0 Å². The molecular weight excluding hydrogens is 210 g/mol. The van der Waals surface area contributed by atoms with Crippen LogP contribution in [-0.2, 0) is 7.05 Å². The van der Waals surface area contributed by atoms with Gasteiger partial charge in [0, 0.05) is 19.4 Å². The highest BCUT2D eigenvalue weighted by atomic mass is 15.1. The second kappa shape index (κ2) is 15.2. The second-order valence-corrected chi connectivity index (χ2v) is 3.59. The topological polar surface area (TPSA) is 21.1 Å². The molecule has 0 aromatic carbocycles. The molecule has 2 rings (SSSR count). The van der Waals surface area contributed by atoms with Crippen molar-refractivity contribution >= 4 is 0 Å². The molecule has 0 spiro atoms. The van der Waals surface area contributed by atoms with Crippen LogP contribution in [0.25, 0.3) is 0 Å². The molecule has 17 heavy (non-hydrogen) atoms. The summed E-state index contributed by atoms with van der Waals surface area (Å²) in [6, 6.07) is 0. The van der Waals surface area contributed by atoms with E-state index in [0.717, 1.165) is 0 Å². The van der Waals surface area contributed by atoms with Gasteiger partial charge in [0.25, 0.3) is 0 Å². The van der Waals surface area contributed by atoms with Crippen LogP contribution in [-0.4, -0.2) is 34.6 Å². The molecule has 0 amide bonds. The monoisotopic (exact) mass is 241 g/mol. The summed E-state index contributed by atoms with van der Waals surface area (Å²) in [6.45, 7) is 10.6. The van der Waals surface area contributed by atoms with Gasteiger partial charge in [0.2, 0.25) is 0 Å². The van der Waals surface area contributed by atoms with Crippen molar-refractivity contribution in [3.05, 3.63) is 18.7 Å². The van der Waals surface area contributed by atoms with Gasteiger partial charge in [0.1, 0.15) is 0 Å². The number of imidazole rings is 1. The zero-order valence-electron chi connectivity index (χ0n) is 12.6. The Morgan fingerprint density at radius 2 is 1.41 bits per heavy atom. The van der Waals surface area contributed by atoms with E-state index in [4.69, 9.17) is 0 Å². The minimum absolute atomic E-state index is 1.32. The van der Waals surface area contributed by atoms with Crippen molar-refractivity contribution < 1.29 is 0 Å². The molecule has 1 aliphatic heterocycles. The third-order valence-electron chi connectivity index (χ3n) is 2.22. The Balaban J connectivity index is 0. The average molecular weight is 241 g/mol. The van der Waals surface area contributed by atoms with Crippen molar-refractivity contribution in [1.82, 2.24) is 14.5 Å². The van der Waals surface area contributed by atoms with E-state index in [-0.39, 0.29) is 0 Å². The quantitative estimate of drug-likeness (QED) is 0.692. The van der Waals surface area contributed by atoms with Crippen LogP contribution < -0.4 is 0 Å². The molecule has 3 nitrogen and oxygen atoms in total. The first-order chi connectivity index (χ1) is 8.29. The Kier molecular flexibility index (Phi) is 16.5. The zero-order valence-corrected chi connectivity index (χ0v) is 12.6. The van der Waals surface area contributed by atoms with Gasteiger partial charge in [0.15, 0.2) is 0 Å². The molecule has 0 atom stereocenters. The Hall–Kier alpha value is -0.830. The summed E-state index contributed by atoms with van der Waals surface area (Å²) in [7, 11) is 4.13. The minimum Gasteiger partial charge on any atom is -0.341 e. The van der Waals surface area contributed by atoms with E-state index in [1.54, 1.807) is 12.5 Å². The lowest BCUT2D eigenvalue weighted by molar-refractivity contribution is 0.277. The fraction of sp³-hybridized carbons (Fsp3) is 0.786. The largest absolute Gasteiger partial charge is 0.341 e. The fourth-order valence-electron chi connectivity index (χ4n) is 1.38. The lowest BCUT2D eigenvalue weighted by Gasteiger charge is -2.20. The van der Waals surface area contributed by atoms with Crippen LogP contribution in [0.1, 0.15) is 47.0 Å². The minimum atomic E-state index is 1.32. The molecule has 3 heteroatoms. The van der Waals surface area contributed by atoms with E-state index in [0.29, 0.717) is 0 Å². The normalized spacial score (nSPS) is 14.2. The highest BCUT2D eigenvalue weighted by Gasteiger charge is 2.02. The van der Waals surface area contributed by atoms with Crippen LogP contribution in [0.2, 0.25) is 0 Å². The number of hydrogen-bond donors (Lipinski definition) is 0. The predicted molar refractivity (Wildman–Crippen MR) is 77.3 cm³/mol. The van der Waals surface area contributed by atoms with Crippen molar-refractivity contribution in [2.75, 3.05) is 20.1 Å². The Labute approximate surface area is 108 Å². The molecule has 1 fully saturated rings. The standard InChI is InChI=1S/C6H13N.C4H6N2.2C2H6/c1-7-5-3-2-4-6-7;1-6-3-2-5-4-6;2*1-2/h2-6H2,1H3;2-4H,1H3;2*1-2H3. The third kappa shape index (κ3) is 13.1. The number of rotatable bonds is 0. The van der Waals surface area contributed by atoms with Crippen LogP contribution in [0.3, 0.4) is 0 Å². The molecule has 1 aromatic rings. The third-order valence-corrected chi connectivity index (χ3v) is 2.22. The summed E-state index contributed by atoms with van der Waals surface area (Å²) in [5, 5.41) is 0. The molecule has 1 saturated heterocycles. The van der Waals surface area contributed by atoms with Crippen molar-refractivity contribution in [2.45, 2.75) is 47.0 Å².